The summed E-state index contributed by atoms with van der Waals surface area (Å²) in [5.41, 5.74) is 0. The number of aromatic nitrogens is 2. The summed E-state index contributed by atoms with van der Waals surface area (Å²) in [6.07, 6.45) is 4.55. The number of unbranched alkanes of at least 4 members (excludes halogenated alkanes) is 1. The fraction of sp³-hybridized carbons (Fsp3) is 0.625. The van der Waals surface area contributed by atoms with Crippen molar-refractivity contribution in [1.82, 2.24) is 14.5 Å². The molecule has 14 heavy (non-hydrogen) atoms. The van der Waals surface area contributed by atoms with Crippen LogP contribution in [0, 0.1) is 0 Å². The van der Waals surface area contributed by atoms with Crippen molar-refractivity contribution in [2.75, 3.05) is 13.6 Å². The molecule has 5 nitrogen and oxygen atoms in total. The minimum absolute atomic E-state index is 0.219. The normalized spacial score (nSPS) is 12.2. The van der Waals surface area contributed by atoms with Crippen LogP contribution in [0.5, 0.6) is 0 Å². The molecule has 0 aliphatic heterocycles. The number of hydrogen-bond acceptors (Lipinski definition) is 3. The summed E-state index contributed by atoms with van der Waals surface area (Å²) in [6.45, 7) is 2.57. The lowest BCUT2D eigenvalue weighted by Gasteiger charge is -2.14. The third-order valence-corrected chi connectivity index (χ3v) is 3.83. The minimum atomic E-state index is -3.33. The van der Waals surface area contributed by atoms with Crippen LogP contribution < -0.4 is 0 Å². The monoisotopic (exact) mass is 217 g/mol. The SMILES string of the molecule is CCCCN(C)S(=O)(=O)c1cn[nH]c1. The third-order valence-electron chi connectivity index (χ3n) is 2.01. The Labute approximate surface area is 84.2 Å². The quantitative estimate of drug-likeness (QED) is 0.794. The molecule has 0 saturated carbocycles. The summed E-state index contributed by atoms with van der Waals surface area (Å²) < 4.78 is 24.9. The predicted octanol–water partition coefficient (Wildman–Crippen LogP) is 0.830. The number of hydrogen-bond donors (Lipinski definition) is 1. The fourth-order valence-electron chi connectivity index (χ4n) is 1.06. The zero-order chi connectivity index (χ0) is 10.6. The van der Waals surface area contributed by atoms with Gasteiger partial charge >= 0.3 is 0 Å². The highest BCUT2D eigenvalue weighted by atomic mass is 32.2. The average Bonchev–Trinajstić information content (AvgIpc) is 2.67. The van der Waals surface area contributed by atoms with E-state index in [0.717, 1.165) is 12.8 Å². The van der Waals surface area contributed by atoms with Crippen LogP contribution in [0.1, 0.15) is 19.8 Å². The Bertz CT molecular complexity index is 358. The maximum atomic E-state index is 11.8. The van der Waals surface area contributed by atoms with Crippen LogP contribution in [-0.2, 0) is 10.0 Å². The highest BCUT2D eigenvalue weighted by Gasteiger charge is 2.20. The van der Waals surface area contributed by atoms with Crippen LogP contribution in [0.2, 0.25) is 0 Å². The van der Waals surface area contributed by atoms with Gasteiger partial charge in [0.25, 0.3) is 0 Å². The van der Waals surface area contributed by atoms with Crippen LogP contribution in [0.4, 0.5) is 0 Å². The standard InChI is InChI=1S/C8H15N3O2S/c1-3-4-5-11(2)14(12,13)8-6-9-10-7-8/h6-7H,3-5H2,1-2H3,(H,9,10). The molecule has 0 saturated heterocycles. The van der Waals surface area contributed by atoms with Crippen molar-refractivity contribution in [2.24, 2.45) is 0 Å². The van der Waals surface area contributed by atoms with E-state index in [1.165, 1.54) is 16.7 Å². The van der Waals surface area contributed by atoms with Crippen molar-refractivity contribution in [3.8, 4) is 0 Å². The molecule has 0 amide bonds. The highest BCUT2D eigenvalue weighted by Crippen LogP contribution is 2.11. The Morgan fingerprint density at radius 1 is 1.57 bits per heavy atom. The van der Waals surface area contributed by atoms with Crippen LogP contribution in [0.25, 0.3) is 0 Å². The maximum Gasteiger partial charge on any atom is 0.245 e. The van der Waals surface area contributed by atoms with Crippen molar-refractivity contribution >= 4 is 10.0 Å². The van der Waals surface area contributed by atoms with E-state index >= 15 is 0 Å². The van der Waals surface area contributed by atoms with Gasteiger partial charge in [0.2, 0.25) is 10.0 Å². The first-order valence-electron chi connectivity index (χ1n) is 4.54. The second-order valence-corrected chi connectivity index (χ2v) is 5.16. The topological polar surface area (TPSA) is 66.1 Å². The summed E-state index contributed by atoms with van der Waals surface area (Å²) in [5.74, 6) is 0. The van der Waals surface area contributed by atoms with Crippen molar-refractivity contribution < 1.29 is 8.42 Å². The molecule has 1 aromatic heterocycles. The Balaban J connectivity index is 2.76. The molecular formula is C8H15N3O2S. The third kappa shape index (κ3) is 2.33. The van der Waals surface area contributed by atoms with Gasteiger partial charge < -0.3 is 0 Å². The van der Waals surface area contributed by atoms with E-state index < -0.39 is 10.0 Å². The first-order chi connectivity index (χ1) is 6.59. The molecule has 0 spiro atoms. The number of sulfonamides is 1. The number of nitrogens with zero attached hydrogens (tertiary/aromatic N) is 2. The second-order valence-electron chi connectivity index (χ2n) is 3.11. The van der Waals surface area contributed by atoms with Crippen LogP contribution in [0.15, 0.2) is 17.3 Å². The summed E-state index contributed by atoms with van der Waals surface area (Å²) in [6, 6.07) is 0. The molecule has 1 N–H and O–H groups in total. The Kier molecular flexibility index (Phi) is 3.65. The van der Waals surface area contributed by atoms with Gasteiger partial charge in [0, 0.05) is 19.8 Å². The molecule has 0 atom stereocenters. The van der Waals surface area contributed by atoms with Crippen molar-refractivity contribution in [3.63, 3.8) is 0 Å². The molecule has 0 aliphatic carbocycles. The van der Waals surface area contributed by atoms with E-state index in [9.17, 15) is 8.42 Å². The molecule has 0 aromatic carbocycles. The van der Waals surface area contributed by atoms with E-state index in [4.69, 9.17) is 0 Å². The molecule has 1 rings (SSSR count). The molecule has 80 valence electrons. The Hall–Kier alpha value is -0.880. The zero-order valence-corrected chi connectivity index (χ0v) is 9.21. The number of H-pyrrole nitrogens is 1. The molecule has 1 heterocycles. The van der Waals surface area contributed by atoms with Gasteiger partial charge in [0.05, 0.1) is 6.20 Å². The highest BCUT2D eigenvalue weighted by molar-refractivity contribution is 7.89. The number of nitrogens with one attached hydrogen (secondary N) is 1. The number of rotatable bonds is 5. The summed E-state index contributed by atoms with van der Waals surface area (Å²) in [4.78, 5) is 0.219. The van der Waals surface area contributed by atoms with Crippen molar-refractivity contribution in [3.05, 3.63) is 12.4 Å². The van der Waals surface area contributed by atoms with Crippen LogP contribution in [0.3, 0.4) is 0 Å². The van der Waals surface area contributed by atoms with E-state index in [2.05, 4.69) is 10.2 Å². The largest absolute Gasteiger partial charge is 0.284 e. The fourth-order valence-corrected chi connectivity index (χ4v) is 2.18. The van der Waals surface area contributed by atoms with Crippen LogP contribution >= 0.6 is 0 Å². The Morgan fingerprint density at radius 2 is 2.29 bits per heavy atom. The molecule has 6 heteroatoms. The minimum Gasteiger partial charge on any atom is -0.284 e. The Morgan fingerprint density at radius 3 is 2.79 bits per heavy atom. The predicted molar refractivity (Wildman–Crippen MR) is 53.3 cm³/mol. The number of aromatic amines is 1. The van der Waals surface area contributed by atoms with Gasteiger partial charge in [-0.15, -0.1) is 0 Å². The molecule has 0 unspecified atom stereocenters. The van der Waals surface area contributed by atoms with E-state index in [-0.39, 0.29) is 4.90 Å². The lowest BCUT2D eigenvalue weighted by atomic mass is 10.3. The van der Waals surface area contributed by atoms with Crippen molar-refractivity contribution in [1.29, 1.82) is 0 Å². The first-order valence-corrected chi connectivity index (χ1v) is 5.98. The van der Waals surface area contributed by atoms with Gasteiger partial charge in [0.15, 0.2) is 0 Å². The molecule has 0 bridgehead atoms. The molecule has 0 aliphatic rings. The first kappa shape index (κ1) is 11.2. The molecule has 1 aromatic rings. The van der Waals surface area contributed by atoms with Crippen LogP contribution in [-0.4, -0.2) is 36.5 Å². The smallest absolute Gasteiger partial charge is 0.245 e. The molecule has 0 fully saturated rings. The lowest BCUT2D eigenvalue weighted by molar-refractivity contribution is 0.459. The molecular weight excluding hydrogens is 202 g/mol. The zero-order valence-electron chi connectivity index (χ0n) is 8.40. The van der Waals surface area contributed by atoms with Gasteiger partial charge in [-0.25, -0.2) is 12.7 Å². The maximum absolute atomic E-state index is 11.8. The second kappa shape index (κ2) is 4.56. The average molecular weight is 217 g/mol. The summed E-state index contributed by atoms with van der Waals surface area (Å²) in [7, 11) is -1.75. The van der Waals surface area contributed by atoms with Crippen molar-refractivity contribution in [2.45, 2.75) is 24.7 Å². The van der Waals surface area contributed by atoms with E-state index in [1.54, 1.807) is 7.05 Å². The van der Waals surface area contributed by atoms with E-state index in [1.807, 2.05) is 6.92 Å². The summed E-state index contributed by atoms with van der Waals surface area (Å²) in [5, 5.41) is 6.11. The van der Waals surface area contributed by atoms with Gasteiger partial charge in [-0.05, 0) is 6.42 Å². The van der Waals surface area contributed by atoms with Gasteiger partial charge in [-0.2, -0.15) is 5.10 Å². The van der Waals surface area contributed by atoms with Gasteiger partial charge in [0.1, 0.15) is 4.90 Å². The van der Waals surface area contributed by atoms with Gasteiger partial charge in [-0.1, -0.05) is 13.3 Å². The van der Waals surface area contributed by atoms with Gasteiger partial charge in [-0.3, -0.25) is 5.10 Å². The molecule has 0 radical (unpaired) electrons. The van der Waals surface area contributed by atoms with E-state index in [0.29, 0.717) is 6.54 Å². The summed E-state index contributed by atoms with van der Waals surface area (Å²) >= 11 is 0. The lowest BCUT2D eigenvalue weighted by Crippen LogP contribution is -2.27.